The van der Waals surface area contributed by atoms with E-state index in [1.54, 1.807) is 7.11 Å². The lowest BCUT2D eigenvalue weighted by molar-refractivity contribution is -0.203. The fraction of sp³-hybridized carbons (Fsp3) is 0.673. The standard InChI is InChI=1S/C55H79N5O7/c1-7-10-11-12-13-14-15-16-17-20-27-56-49(62)55(65)47-53(26-30-60-28-21-25-52(9-3,46(53)60)48(55)61)40-31-41(44(66-5)32-43(40)58(47)4)54(50(63)67-6)34-37-33-51(64,8-2)36-59(35-37)29-24-39-38-22-18-19-23-42(38)57-45(39)54/h18-19,21-23,25,31-32,37,46-48,57,61,64-65H,7-17,20,24,26-30,33-36H2,1-6H3,(H,56,62)/t37?,46?,47-,48-,51+,52?,53?,54+,55+/m1/s1. The molecule has 1 aliphatic carbocycles. The minimum Gasteiger partial charge on any atom is -0.496 e. The number of esters is 1. The number of nitrogens with one attached hydrogen (secondary N) is 2. The first-order valence-corrected chi connectivity index (χ1v) is 26.0. The molecule has 1 saturated carbocycles. The molecule has 2 aromatic carbocycles. The highest BCUT2D eigenvalue weighted by molar-refractivity contribution is 5.95. The molecule has 6 heterocycles. The van der Waals surface area contributed by atoms with Crippen molar-refractivity contribution in [2.24, 2.45) is 11.3 Å². The summed E-state index contributed by atoms with van der Waals surface area (Å²) in [6, 6.07) is 11.3. The van der Waals surface area contributed by atoms with Crippen LogP contribution in [0.4, 0.5) is 5.69 Å². The van der Waals surface area contributed by atoms with Crippen LogP contribution in [0.15, 0.2) is 48.6 Å². The summed E-state index contributed by atoms with van der Waals surface area (Å²) in [5, 5.41) is 42.7. The van der Waals surface area contributed by atoms with Gasteiger partial charge in [0.2, 0.25) is 0 Å². The average molecular weight is 922 g/mol. The van der Waals surface area contributed by atoms with Gasteiger partial charge in [0, 0.05) is 90.6 Å². The molecule has 10 atom stereocenters. The van der Waals surface area contributed by atoms with Crippen molar-refractivity contribution in [2.45, 2.75) is 164 Å². The highest BCUT2D eigenvalue weighted by Crippen LogP contribution is 2.67. The number of carbonyl (C=O) groups is 2. The van der Waals surface area contributed by atoms with Crippen molar-refractivity contribution in [1.82, 2.24) is 20.1 Å². The molecule has 12 nitrogen and oxygen atoms in total. The van der Waals surface area contributed by atoms with Gasteiger partial charge in [0.1, 0.15) is 17.3 Å². The SMILES string of the molecule is CCCCCCCCCCCCNC(=O)[C@@]1(O)[C@H](O)C2(CC)C=CCN3CCC4(c5cc([C@@]6(C(=O)OC)CC7CN(CCc8c6[nH]c6ccccc86)C[C@](O)(CC)C7)c(OC)cc5N(C)[C@H]41)C32. The van der Waals surface area contributed by atoms with Gasteiger partial charge < -0.3 is 40.0 Å². The van der Waals surface area contributed by atoms with E-state index >= 15 is 9.59 Å². The van der Waals surface area contributed by atoms with Crippen LogP contribution >= 0.6 is 0 Å². The first kappa shape index (κ1) is 48.1. The Morgan fingerprint density at radius 1 is 0.896 bits per heavy atom. The molecule has 3 aromatic rings. The number of hydrogen-bond acceptors (Lipinski definition) is 10. The fourth-order valence-electron chi connectivity index (χ4n) is 15.0. The zero-order valence-electron chi connectivity index (χ0n) is 41.3. The molecule has 5 N–H and O–H groups in total. The monoisotopic (exact) mass is 922 g/mol. The maximum Gasteiger partial charge on any atom is 0.322 e. The number of anilines is 1. The lowest BCUT2D eigenvalue weighted by Crippen LogP contribution is -2.81. The number of ether oxygens (including phenoxy) is 2. The van der Waals surface area contributed by atoms with Gasteiger partial charge in [-0.1, -0.05) is 109 Å². The van der Waals surface area contributed by atoms with Gasteiger partial charge in [-0.2, -0.15) is 0 Å². The van der Waals surface area contributed by atoms with E-state index in [2.05, 4.69) is 64.3 Å². The normalized spacial score (nSPS) is 34.1. The Hall–Kier alpha value is -3.94. The Balaban J connectivity index is 1.17. The number of aliphatic hydroxyl groups excluding tert-OH is 1. The first-order valence-electron chi connectivity index (χ1n) is 26.0. The molecular formula is C55H79N5O7. The summed E-state index contributed by atoms with van der Waals surface area (Å²) in [6.07, 6.45) is 17.9. The number of piperidine rings is 1. The predicted molar refractivity (Wildman–Crippen MR) is 264 cm³/mol. The van der Waals surface area contributed by atoms with Crippen molar-refractivity contribution < 1.29 is 34.4 Å². The van der Waals surface area contributed by atoms with Crippen molar-refractivity contribution in [3.05, 3.63) is 70.9 Å². The highest BCUT2D eigenvalue weighted by Gasteiger charge is 2.78. The number of methoxy groups -OCH3 is 2. The Bertz CT molecular complexity index is 2330. The number of likely N-dealkylation sites (N-methyl/N-ethyl adjacent to an activating group) is 1. The summed E-state index contributed by atoms with van der Waals surface area (Å²) in [6.45, 7) is 10.2. The van der Waals surface area contributed by atoms with Gasteiger partial charge in [0.25, 0.3) is 5.91 Å². The van der Waals surface area contributed by atoms with Crippen molar-refractivity contribution >= 4 is 28.5 Å². The van der Waals surface area contributed by atoms with Crippen LogP contribution in [0.25, 0.3) is 10.9 Å². The van der Waals surface area contributed by atoms with Crippen LogP contribution in [0.3, 0.4) is 0 Å². The number of rotatable bonds is 17. The number of unbranched alkanes of at least 4 members (excludes halogenated alkanes) is 9. The molecule has 5 unspecified atom stereocenters. The van der Waals surface area contributed by atoms with Gasteiger partial charge in [0.05, 0.1) is 25.9 Å². The molecule has 0 radical (unpaired) electrons. The number of aromatic nitrogens is 1. The zero-order chi connectivity index (χ0) is 47.4. The Kier molecular flexibility index (Phi) is 13.5. The second-order valence-electron chi connectivity index (χ2n) is 21.6. The third-order valence-corrected chi connectivity index (χ3v) is 18.0. The number of aromatic amines is 1. The van der Waals surface area contributed by atoms with Gasteiger partial charge in [-0.25, -0.2) is 0 Å². The predicted octanol–water partition coefficient (Wildman–Crippen LogP) is 7.28. The number of carbonyl (C=O) groups excluding carboxylic acids is 2. The Morgan fingerprint density at radius 2 is 1.63 bits per heavy atom. The van der Waals surface area contributed by atoms with Gasteiger partial charge in [-0.15, -0.1) is 0 Å². The van der Waals surface area contributed by atoms with E-state index < -0.39 is 51.5 Å². The summed E-state index contributed by atoms with van der Waals surface area (Å²) in [4.78, 5) is 41.2. The molecule has 6 aliphatic rings. The quantitative estimate of drug-likeness (QED) is 0.0531. The van der Waals surface area contributed by atoms with E-state index in [-0.39, 0.29) is 12.0 Å². The summed E-state index contributed by atoms with van der Waals surface area (Å²) in [5.41, 5.74) is -1.08. The van der Waals surface area contributed by atoms with Crippen molar-refractivity contribution in [2.75, 3.05) is 65.4 Å². The van der Waals surface area contributed by atoms with Crippen LogP contribution in [0.1, 0.15) is 139 Å². The number of amides is 1. The number of fused-ring (bicyclic) bond motifs is 6. The highest BCUT2D eigenvalue weighted by atomic mass is 16.5. The first-order chi connectivity index (χ1) is 32.3. The van der Waals surface area contributed by atoms with E-state index in [1.807, 2.05) is 37.1 Å². The summed E-state index contributed by atoms with van der Waals surface area (Å²) < 4.78 is 12.5. The summed E-state index contributed by atoms with van der Waals surface area (Å²) in [7, 11) is 5.05. The van der Waals surface area contributed by atoms with E-state index in [0.29, 0.717) is 76.0 Å². The number of nitrogens with zero attached hydrogens (tertiary/aromatic N) is 3. The average Bonchev–Trinajstić information content (AvgIpc) is 4.00. The molecule has 9 rings (SSSR count). The second-order valence-corrected chi connectivity index (χ2v) is 21.6. The fourth-order valence-corrected chi connectivity index (χ4v) is 15.0. The summed E-state index contributed by atoms with van der Waals surface area (Å²) >= 11 is 0. The molecule has 5 aliphatic heterocycles. The van der Waals surface area contributed by atoms with Crippen LogP contribution in [0.5, 0.6) is 5.75 Å². The number of para-hydroxylation sites is 1. The third kappa shape index (κ3) is 7.47. The van der Waals surface area contributed by atoms with E-state index in [0.717, 1.165) is 65.8 Å². The van der Waals surface area contributed by atoms with E-state index in [1.165, 1.54) is 52.1 Å². The number of aliphatic hydroxyl groups is 3. The van der Waals surface area contributed by atoms with Crippen molar-refractivity contribution in [1.29, 1.82) is 0 Å². The van der Waals surface area contributed by atoms with Gasteiger partial charge >= 0.3 is 5.97 Å². The molecule has 12 heteroatoms. The lowest BCUT2D eigenvalue weighted by atomic mass is 9.47. The molecule has 2 bridgehead atoms. The van der Waals surface area contributed by atoms with Gasteiger partial charge in [0.15, 0.2) is 5.60 Å². The maximum absolute atomic E-state index is 15.5. The molecule has 1 aromatic heterocycles. The molecule has 1 spiro atoms. The molecule has 67 heavy (non-hydrogen) atoms. The summed E-state index contributed by atoms with van der Waals surface area (Å²) in [5.74, 6) is -0.514. The molecule has 366 valence electrons. The van der Waals surface area contributed by atoms with Crippen LogP contribution < -0.4 is 15.0 Å². The molecular weight excluding hydrogens is 843 g/mol. The number of benzene rings is 2. The van der Waals surface area contributed by atoms with Crippen LogP contribution in [0.2, 0.25) is 0 Å². The second kappa shape index (κ2) is 18.8. The molecule has 1 amide bonds. The number of hydrogen-bond donors (Lipinski definition) is 5. The van der Waals surface area contributed by atoms with Crippen LogP contribution in [0, 0.1) is 11.3 Å². The van der Waals surface area contributed by atoms with E-state index in [4.69, 9.17) is 9.47 Å². The van der Waals surface area contributed by atoms with Crippen molar-refractivity contribution in [3.8, 4) is 5.75 Å². The number of H-pyrrole nitrogens is 1. The Morgan fingerprint density at radius 3 is 2.33 bits per heavy atom. The topological polar surface area (TPSA) is 151 Å². The minimum atomic E-state index is -2.19. The third-order valence-electron chi connectivity index (χ3n) is 18.0. The van der Waals surface area contributed by atoms with E-state index in [9.17, 15) is 15.3 Å². The lowest BCUT2D eigenvalue weighted by Gasteiger charge is -2.63. The minimum absolute atomic E-state index is 0.0749. The largest absolute Gasteiger partial charge is 0.496 e. The molecule has 3 fully saturated rings. The van der Waals surface area contributed by atoms with Crippen molar-refractivity contribution in [3.63, 3.8) is 0 Å². The van der Waals surface area contributed by atoms with Gasteiger partial charge in [-0.3, -0.25) is 19.4 Å². The molecule has 2 saturated heterocycles. The van der Waals surface area contributed by atoms with Gasteiger partial charge in [-0.05, 0) is 80.7 Å². The maximum atomic E-state index is 15.5. The zero-order valence-corrected chi connectivity index (χ0v) is 41.3. The Labute approximate surface area is 398 Å². The smallest absolute Gasteiger partial charge is 0.322 e. The van der Waals surface area contributed by atoms with Crippen LogP contribution in [-0.4, -0.2) is 132 Å². The van der Waals surface area contributed by atoms with Crippen LogP contribution in [-0.2, 0) is 31.6 Å².